The van der Waals surface area contributed by atoms with Gasteiger partial charge in [-0.15, -0.1) is 0 Å². The monoisotopic (exact) mass is 344 g/mol. The third kappa shape index (κ3) is 6.94. The molecule has 0 aliphatic carbocycles. The molecule has 2 aliphatic rings. The van der Waals surface area contributed by atoms with Gasteiger partial charge in [-0.1, -0.05) is 20.8 Å². The largest absolute Gasteiger partial charge is 0.391 e. The van der Waals surface area contributed by atoms with E-state index >= 15 is 0 Å². The summed E-state index contributed by atoms with van der Waals surface area (Å²) in [5.74, 6) is 0. The number of ether oxygens (including phenoxy) is 2. The van der Waals surface area contributed by atoms with Crippen LogP contribution in [-0.2, 0) is 9.47 Å². The first kappa shape index (κ1) is 20.1. The Hall–Kier alpha value is -0.240. The fourth-order valence-electron chi connectivity index (χ4n) is 3.13. The van der Waals surface area contributed by atoms with Gasteiger partial charge in [-0.3, -0.25) is 9.80 Å². The van der Waals surface area contributed by atoms with Crippen molar-refractivity contribution in [1.29, 1.82) is 0 Å². The summed E-state index contributed by atoms with van der Waals surface area (Å²) in [5.41, 5.74) is -0.0757. The predicted molar refractivity (Wildman–Crippen MR) is 94.1 cm³/mol. The van der Waals surface area contributed by atoms with Gasteiger partial charge in [0.15, 0.2) is 0 Å². The second kappa shape index (κ2) is 9.46. The molecule has 24 heavy (non-hydrogen) atoms. The summed E-state index contributed by atoms with van der Waals surface area (Å²) in [6.07, 6.45) is 1.65. The van der Waals surface area contributed by atoms with Crippen LogP contribution in [0, 0.1) is 5.41 Å². The van der Waals surface area contributed by atoms with Crippen molar-refractivity contribution in [2.75, 3.05) is 59.1 Å². The van der Waals surface area contributed by atoms with Crippen LogP contribution in [0.3, 0.4) is 0 Å². The molecule has 2 fully saturated rings. The van der Waals surface area contributed by atoms with Crippen LogP contribution >= 0.6 is 0 Å². The molecule has 0 spiro atoms. The molecule has 2 rings (SSSR count). The van der Waals surface area contributed by atoms with E-state index in [4.69, 9.17) is 9.47 Å². The van der Waals surface area contributed by atoms with Crippen molar-refractivity contribution >= 4 is 0 Å². The van der Waals surface area contributed by atoms with Crippen molar-refractivity contribution < 1.29 is 19.7 Å². The summed E-state index contributed by atoms with van der Waals surface area (Å²) in [5, 5.41) is 20.3. The Labute approximate surface area is 146 Å². The van der Waals surface area contributed by atoms with E-state index in [0.29, 0.717) is 19.8 Å². The lowest BCUT2D eigenvalue weighted by Gasteiger charge is -2.38. The van der Waals surface area contributed by atoms with Crippen LogP contribution in [0.2, 0.25) is 0 Å². The van der Waals surface area contributed by atoms with Gasteiger partial charge in [-0.25, -0.2) is 0 Å². The minimum Gasteiger partial charge on any atom is -0.391 e. The highest BCUT2D eigenvalue weighted by Crippen LogP contribution is 2.20. The minimum absolute atomic E-state index is 0.0757. The second-order valence-corrected chi connectivity index (χ2v) is 8.31. The quantitative estimate of drug-likeness (QED) is 0.671. The van der Waals surface area contributed by atoms with E-state index in [-0.39, 0.29) is 17.6 Å². The zero-order valence-corrected chi connectivity index (χ0v) is 15.6. The molecule has 0 amide bonds. The van der Waals surface area contributed by atoms with E-state index < -0.39 is 6.10 Å². The zero-order valence-electron chi connectivity index (χ0n) is 15.6. The van der Waals surface area contributed by atoms with Gasteiger partial charge in [-0.05, 0) is 18.3 Å². The van der Waals surface area contributed by atoms with Gasteiger partial charge in [0.2, 0.25) is 0 Å². The average Bonchev–Trinajstić information content (AvgIpc) is 3.01. The summed E-state index contributed by atoms with van der Waals surface area (Å²) in [6, 6.07) is 0. The van der Waals surface area contributed by atoms with Crippen molar-refractivity contribution in [2.24, 2.45) is 5.41 Å². The Kier molecular flexibility index (Phi) is 7.91. The number of aliphatic hydroxyl groups is 2. The lowest BCUT2D eigenvalue weighted by atomic mass is 9.89. The van der Waals surface area contributed by atoms with Crippen LogP contribution in [0.5, 0.6) is 0 Å². The Bertz CT molecular complexity index is 347. The van der Waals surface area contributed by atoms with Crippen LogP contribution in [0.4, 0.5) is 0 Å². The van der Waals surface area contributed by atoms with Crippen LogP contribution in [0.1, 0.15) is 33.6 Å². The topological polar surface area (TPSA) is 65.4 Å². The molecule has 3 unspecified atom stereocenters. The highest BCUT2D eigenvalue weighted by atomic mass is 16.5. The predicted octanol–water partition coefficient (Wildman–Crippen LogP) is 0.568. The first-order valence-electron chi connectivity index (χ1n) is 9.35. The van der Waals surface area contributed by atoms with Gasteiger partial charge in [-0.2, -0.15) is 0 Å². The maximum atomic E-state index is 10.2. The summed E-state index contributed by atoms with van der Waals surface area (Å²) in [7, 11) is 0. The molecular formula is C18H36N2O4. The summed E-state index contributed by atoms with van der Waals surface area (Å²) < 4.78 is 11.1. The Morgan fingerprint density at radius 3 is 2.25 bits per heavy atom. The molecule has 6 heteroatoms. The molecule has 6 nitrogen and oxygen atoms in total. The number of nitrogens with zero attached hydrogens (tertiary/aromatic N) is 2. The Morgan fingerprint density at radius 2 is 1.71 bits per heavy atom. The molecular weight excluding hydrogens is 308 g/mol. The molecule has 2 saturated heterocycles. The summed E-state index contributed by atoms with van der Waals surface area (Å²) >= 11 is 0. The van der Waals surface area contributed by atoms with Crippen LogP contribution < -0.4 is 0 Å². The number of rotatable bonds is 8. The molecule has 0 aromatic carbocycles. The van der Waals surface area contributed by atoms with Gasteiger partial charge in [0, 0.05) is 45.9 Å². The number of hydrogen-bond acceptors (Lipinski definition) is 6. The molecule has 2 heterocycles. The molecule has 3 atom stereocenters. The lowest BCUT2D eigenvalue weighted by Crippen LogP contribution is -2.51. The maximum Gasteiger partial charge on any atom is 0.0900 e. The normalized spacial score (nSPS) is 26.6. The highest BCUT2D eigenvalue weighted by molar-refractivity contribution is 4.80. The Balaban J connectivity index is 1.56. The maximum absolute atomic E-state index is 10.2. The van der Waals surface area contributed by atoms with Crippen molar-refractivity contribution in [1.82, 2.24) is 9.80 Å². The molecule has 142 valence electrons. The zero-order chi connectivity index (χ0) is 17.6. The van der Waals surface area contributed by atoms with Crippen molar-refractivity contribution in [3.63, 3.8) is 0 Å². The van der Waals surface area contributed by atoms with Gasteiger partial charge in [0.1, 0.15) is 0 Å². The smallest absolute Gasteiger partial charge is 0.0900 e. The average molecular weight is 344 g/mol. The van der Waals surface area contributed by atoms with E-state index in [2.05, 4.69) is 30.6 Å². The number of hydrogen-bond donors (Lipinski definition) is 2. The van der Waals surface area contributed by atoms with E-state index in [1.54, 1.807) is 0 Å². The van der Waals surface area contributed by atoms with E-state index in [9.17, 15) is 10.2 Å². The van der Waals surface area contributed by atoms with Gasteiger partial charge in [0.25, 0.3) is 0 Å². The number of piperazine rings is 1. The third-order valence-electron chi connectivity index (χ3n) is 5.00. The molecule has 0 aromatic rings. The van der Waals surface area contributed by atoms with E-state index in [1.807, 2.05) is 0 Å². The second-order valence-electron chi connectivity index (χ2n) is 8.31. The number of aliphatic hydroxyl groups excluding tert-OH is 2. The van der Waals surface area contributed by atoms with Crippen molar-refractivity contribution in [3.05, 3.63) is 0 Å². The van der Waals surface area contributed by atoms with Crippen molar-refractivity contribution in [3.8, 4) is 0 Å². The summed E-state index contributed by atoms with van der Waals surface area (Å²) in [4.78, 5) is 4.59. The van der Waals surface area contributed by atoms with E-state index in [1.165, 1.54) is 0 Å². The Morgan fingerprint density at radius 1 is 1.08 bits per heavy atom. The molecule has 2 N–H and O–H groups in total. The molecule has 2 aliphatic heterocycles. The van der Waals surface area contributed by atoms with Crippen molar-refractivity contribution in [2.45, 2.75) is 51.9 Å². The standard InChI is InChI=1S/C18H36N2O4/c1-18(2,3)17(22)12-20-8-6-19(7-9-20)11-15(21)13-23-14-16-5-4-10-24-16/h15-17,21-22H,4-14H2,1-3H3. The first-order valence-corrected chi connectivity index (χ1v) is 9.35. The van der Waals surface area contributed by atoms with E-state index in [0.717, 1.165) is 52.2 Å². The molecule has 0 saturated carbocycles. The molecule has 0 aromatic heterocycles. The minimum atomic E-state index is -0.446. The number of β-amino-alcohol motifs (C(OH)–C–C–N with tert-alkyl or cyclic N) is 2. The highest BCUT2D eigenvalue weighted by Gasteiger charge is 2.27. The molecule has 0 radical (unpaired) electrons. The van der Waals surface area contributed by atoms with Crippen LogP contribution in [0.25, 0.3) is 0 Å². The SMILES string of the molecule is CC(C)(C)C(O)CN1CCN(CC(O)COCC2CCCO2)CC1. The summed E-state index contributed by atoms with van der Waals surface area (Å²) in [6.45, 7) is 13.1. The van der Waals surface area contributed by atoms with Gasteiger partial charge in [0.05, 0.1) is 31.5 Å². The van der Waals surface area contributed by atoms with Crippen LogP contribution in [-0.4, -0.2) is 97.4 Å². The van der Waals surface area contributed by atoms with Gasteiger partial charge < -0.3 is 19.7 Å². The first-order chi connectivity index (χ1) is 11.3. The molecule has 0 bridgehead atoms. The van der Waals surface area contributed by atoms with Gasteiger partial charge >= 0.3 is 0 Å². The third-order valence-corrected chi connectivity index (χ3v) is 5.00. The van der Waals surface area contributed by atoms with Crippen LogP contribution in [0.15, 0.2) is 0 Å². The fraction of sp³-hybridized carbons (Fsp3) is 1.00. The fourth-order valence-corrected chi connectivity index (χ4v) is 3.13. The lowest BCUT2D eigenvalue weighted by molar-refractivity contribution is -0.0318.